The van der Waals surface area contributed by atoms with Crippen LogP contribution in [0.4, 0.5) is 0 Å². The van der Waals surface area contributed by atoms with Gasteiger partial charge in [-0.3, -0.25) is 10.1 Å². The smallest absolute Gasteiger partial charge is 0.265 e. The van der Waals surface area contributed by atoms with Gasteiger partial charge in [-0.25, -0.2) is 0 Å². The van der Waals surface area contributed by atoms with Crippen LogP contribution in [0.1, 0.15) is 12.0 Å². The Bertz CT molecular complexity index is 509. The third kappa shape index (κ3) is 2.89. The lowest BCUT2D eigenvalue weighted by Crippen LogP contribution is -2.30. The Morgan fingerprint density at radius 2 is 2.11 bits per heavy atom. The molecule has 100 valence electrons. The van der Waals surface area contributed by atoms with E-state index in [0.717, 1.165) is 5.56 Å². The van der Waals surface area contributed by atoms with E-state index in [9.17, 15) is 10.1 Å². The number of methoxy groups -OCH3 is 1. The van der Waals surface area contributed by atoms with Crippen LogP contribution < -0.4 is 0 Å². The summed E-state index contributed by atoms with van der Waals surface area (Å²) in [6, 6.07) is 9.61. The molecule has 1 aliphatic rings. The molecule has 2 rings (SSSR count). The molecule has 0 radical (unpaired) electrons. The minimum absolute atomic E-state index is 0.0903. The van der Waals surface area contributed by atoms with Crippen molar-refractivity contribution in [2.45, 2.75) is 12.0 Å². The largest absolute Gasteiger partial charge is 0.359 e. The third-order valence-corrected chi connectivity index (χ3v) is 3.05. The van der Waals surface area contributed by atoms with E-state index in [4.69, 9.17) is 9.47 Å². The predicted octanol–water partition coefficient (Wildman–Crippen LogP) is 2.62. The number of allylic oxidation sites excluding steroid dienone is 1. The summed E-state index contributed by atoms with van der Waals surface area (Å²) in [5, 5.41) is 10.7. The Balaban J connectivity index is 2.29. The van der Waals surface area contributed by atoms with E-state index in [-0.39, 0.29) is 12.5 Å². The number of rotatable bonds is 5. The van der Waals surface area contributed by atoms with Gasteiger partial charge in [-0.05, 0) is 17.7 Å². The van der Waals surface area contributed by atoms with Gasteiger partial charge >= 0.3 is 0 Å². The Hall–Kier alpha value is -1.98. The van der Waals surface area contributed by atoms with Gasteiger partial charge in [0.15, 0.2) is 0 Å². The molecule has 1 aromatic rings. The molecule has 0 N–H and O–H groups in total. The Kier molecular flexibility index (Phi) is 4.09. The van der Waals surface area contributed by atoms with Gasteiger partial charge in [0.05, 0.1) is 4.92 Å². The zero-order chi connectivity index (χ0) is 13.7. The van der Waals surface area contributed by atoms with Gasteiger partial charge in [-0.2, -0.15) is 0 Å². The normalized spacial score (nSPS) is 22.1. The van der Waals surface area contributed by atoms with Crippen LogP contribution in [0.15, 0.2) is 54.3 Å². The lowest BCUT2D eigenvalue weighted by Gasteiger charge is -2.31. The second kappa shape index (κ2) is 5.77. The molecule has 0 amide bonds. The average molecular weight is 261 g/mol. The van der Waals surface area contributed by atoms with E-state index >= 15 is 0 Å². The summed E-state index contributed by atoms with van der Waals surface area (Å²) in [4.78, 5) is 10.3. The van der Waals surface area contributed by atoms with E-state index < -0.39 is 10.5 Å². The molecule has 0 saturated heterocycles. The van der Waals surface area contributed by atoms with Crippen LogP contribution >= 0.6 is 0 Å². The van der Waals surface area contributed by atoms with Crippen molar-refractivity contribution >= 4 is 0 Å². The lowest BCUT2D eigenvalue weighted by molar-refractivity contribution is -0.419. The fraction of sp³-hybridized carbons (Fsp3) is 0.286. The first kappa shape index (κ1) is 13.5. The molecule has 1 aliphatic carbocycles. The molecule has 0 saturated carbocycles. The molecular weight excluding hydrogens is 246 g/mol. The average Bonchev–Trinajstić information content (AvgIpc) is 2.46. The molecule has 0 aromatic heterocycles. The van der Waals surface area contributed by atoms with Crippen molar-refractivity contribution in [3.63, 3.8) is 0 Å². The van der Waals surface area contributed by atoms with Crippen molar-refractivity contribution in [2.75, 3.05) is 13.9 Å². The topological polar surface area (TPSA) is 61.6 Å². The summed E-state index contributed by atoms with van der Waals surface area (Å²) >= 11 is 0. The summed E-state index contributed by atoms with van der Waals surface area (Å²) < 4.78 is 10.7. The van der Waals surface area contributed by atoms with Crippen LogP contribution in [0.3, 0.4) is 0 Å². The zero-order valence-corrected chi connectivity index (χ0v) is 10.6. The SMILES string of the molecule is COCOC1(c2ccccc2)C=CC([N+](=O)[O-])=CC1. The quantitative estimate of drug-likeness (QED) is 0.464. The highest BCUT2D eigenvalue weighted by atomic mass is 16.7. The Morgan fingerprint density at radius 1 is 1.37 bits per heavy atom. The van der Waals surface area contributed by atoms with Gasteiger partial charge in [0, 0.05) is 19.6 Å². The molecule has 5 nitrogen and oxygen atoms in total. The molecule has 1 atom stereocenters. The van der Waals surface area contributed by atoms with Gasteiger partial charge in [-0.15, -0.1) is 0 Å². The van der Waals surface area contributed by atoms with Crippen LogP contribution in [0.25, 0.3) is 0 Å². The fourth-order valence-corrected chi connectivity index (χ4v) is 2.04. The fourth-order valence-electron chi connectivity index (χ4n) is 2.04. The van der Waals surface area contributed by atoms with Crippen LogP contribution in [0.2, 0.25) is 0 Å². The molecule has 19 heavy (non-hydrogen) atoms. The number of nitrogens with zero attached hydrogens (tertiary/aromatic N) is 1. The molecular formula is C14H15NO4. The van der Waals surface area contributed by atoms with Crippen molar-refractivity contribution in [3.8, 4) is 0 Å². The summed E-state index contributed by atoms with van der Waals surface area (Å²) in [5.41, 5.74) is 0.339. The lowest BCUT2D eigenvalue weighted by atomic mass is 9.86. The molecule has 0 bridgehead atoms. The third-order valence-electron chi connectivity index (χ3n) is 3.05. The van der Waals surface area contributed by atoms with E-state index in [2.05, 4.69) is 0 Å². The zero-order valence-electron chi connectivity index (χ0n) is 10.6. The maximum Gasteiger partial charge on any atom is 0.265 e. The van der Waals surface area contributed by atoms with Crippen molar-refractivity contribution in [3.05, 3.63) is 69.9 Å². The second-order valence-electron chi connectivity index (χ2n) is 4.23. The first-order chi connectivity index (χ1) is 9.18. The van der Waals surface area contributed by atoms with E-state index in [1.807, 2.05) is 30.3 Å². The summed E-state index contributed by atoms with van der Waals surface area (Å²) in [5.74, 6) is 0. The summed E-state index contributed by atoms with van der Waals surface area (Å²) in [7, 11) is 1.55. The molecule has 1 unspecified atom stereocenters. The first-order valence-corrected chi connectivity index (χ1v) is 5.90. The predicted molar refractivity (Wildman–Crippen MR) is 69.9 cm³/mol. The molecule has 0 aliphatic heterocycles. The highest BCUT2D eigenvalue weighted by molar-refractivity contribution is 5.34. The summed E-state index contributed by atoms with van der Waals surface area (Å²) in [6.07, 6.45) is 5.18. The summed E-state index contributed by atoms with van der Waals surface area (Å²) in [6.45, 7) is 0.126. The van der Waals surface area contributed by atoms with Gasteiger partial charge < -0.3 is 9.47 Å². The number of benzene rings is 1. The van der Waals surface area contributed by atoms with E-state index in [0.29, 0.717) is 6.42 Å². The van der Waals surface area contributed by atoms with Crippen molar-refractivity contribution in [1.82, 2.24) is 0 Å². The number of hydrogen-bond acceptors (Lipinski definition) is 4. The van der Waals surface area contributed by atoms with Gasteiger partial charge in [0.25, 0.3) is 5.70 Å². The standard InChI is InChI=1S/C14H15NO4/c1-18-11-19-14(12-5-3-2-4-6-12)9-7-13(8-10-14)15(16)17/h2-9H,10-11H2,1H3. The van der Waals surface area contributed by atoms with Crippen molar-refractivity contribution in [1.29, 1.82) is 0 Å². The number of hydrogen-bond donors (Lipinski definition) is 0. The highest BCUT2D eigenvalue weighted by Gasteiger charge is 2.33. The Morgan fingerprint density at radius 3 is 2.63 bits per heavy atom. The van der Waals surface area contributed by atoms with Gasteiger partial charge in [0.2, 0.25) is 0 Å². The maximum absolute atomic E-state index is 10.7. The Labute approximate surface area is 111 Å². The van der Waals surface area contributed by atoms with Crippen molar-refractivity contribution < 1.29 is 14.4 Å². The van der Waals surface area contributed by atoms with Crippen LogP contribution in [0, 0.1) is 10.1 Å². The van der Waals surface area contributed by atoms with E-state index in [1.54, 1.807) is 19.3 Å². The van der Waals surface area contributed by atoms with Crippen LogP contribution in [0.5, 0.6) is 0 Å². The number of ether oxygens (including phenoxy) is 2. The number of nitro groups is 1. The van der Waals surface area contributed by atoms with Crippen LogP contribution in [-0.2, 0) is 15.1 Å². The van der Waals surface area contributed by atoms with Gasteiger partial charge in [0.1, 0.15) is 12.4 Å². The monoisotopic (exact) mass is 261 g/mol. The maximum atomic E-state index is 10.7. The van der Waals surface area contributed by atoms with Crippen LogP contribution in [-0.4, -0.2) is 18.8 Å². The van der Waals surface area contributed by atoms with Crippen molar-refractivity contribution in [2.24, 2.45) is 0 Å². The highest BCUT2D eigenvalue weighted by Crippen LogP contribution is 2.35. The molecule has 0 spiro atoms. The minimum Gasteiger partial charge on any atom is -0.359 e. The molecule has 5 heteroatoms. The molecule has 0 fully saturated rings. The van der Waals surface area contributed by atoms with E-state index in [1.165, 1.54) is 6.08 Å². The molecule has 1 aromatic carbocycles. The first-order valence-electron chi connectivity index (χ1n) is 5.90. The second-order valence-corrected chi connectivity index (χ2v) is 4.23. The van der Waals surface area contributed by atoms with Gasteiger partial charge in [-0.1, -0.05) is 30.3 Å². The minimum atomic E-state index is -0.698. The molecule has 0 heterocycles.